The van der Waals surface area contributed by atoms with Gasteiger partial charge in [-0.25, -0.2) is 8.42 Å². The van der Waals surface area contributed by atoms with Crippen LogP contribution in [0, 0.1) is 5.92 Å². The molecule has 0 spiro atoms. The summed E-state index contributed by atoms with van der Waals surface area (Å²) in [6.07, 6.45) is 4.03. The van der Waals surface area contributed by atoms with Gasteiger partial charge in [-0.2, -0.15) is 4.31 Å². The average Bonchev–Trinajstić information content (AvgIpc) is 2.72. The predicted molar refractivity (Wildman–Crippen MR) is 118 cm³/mol. The number of hydrogen-bond donors (Lipinski definition) is 1. The molecule has 3 atom stereocenters. The molecule has 5 nitrogen and oxygen atoms in total. The highest BCUT2D eigenvalue weighted by molar-refractivity contribution is 7.89. The quantitative estimate of drug-likeness (QED) is 0.736. The van der Waals surface area contributed by atoms with E-state index in [9.17, 15) is 8.42 Å². The third kappa shape index (κ3) is 3.56. The summed E-state index contributed by atoms with van der Waals surface area (Å²) in [5, 5.41) is 0. The van der Waals surface area contributed by atoms with E-state index in [0.29, 0.717) is 29.1 Å². The second kappa shape index (κ2) is 7.91. The minimum Gasteiger partial charge on any atom is -0.399 e. The second-order valence-electron chi connectivity index (χ2n) is 8.35. The summed E-state index contributed by atoms with van der Waals surface area (Å²) in [5.41, 5.74) is 9.16. The Hall–Kier alpha value is -1.60. The van der Waals surface area contributed by atoms with E-state index >= 15 is 0 Å². The van der Waals surface area contributed by atoms with E-state index in [1.54, 1.807) is 28.6 Å². The molecule has 0 bridgehead atoms. The number of nitrogen functional groups attached to an aromatic ring is 1. The zero-order valence-corrected chi connectivity index (χ0v) is 18.0. The Morgan fingerprint density at radius 1 is 1.00 bits per heavy atom. The summed E-state index contributed by atoms with van der Waals surface area (Å²) in [6, 6.07) is 15.7. The van der Waals surface area contributed by atoms with Gasteiger partial charge in [-0.15, -0.1) is 12.4 Å². The first kappa shape index (κ1) is 20.7. The minimum atomic E-state index is -3.51. The normalized spacial score (nSPS) is 27.2. The van der Waals surface area contributed by atoms with Gasteiger partial charge in [0, 0.05) is 37.4 Å². The SMILES string of the molecule is Cl.Nc1ccc(S(=O)(=O)N2CCC[C@@H]3CN4CCc5ccccc5[C@H]4C[C@@H]32)cc1. The topological polar surface area (TPSA) is 66.6 Å². The molecule has 2 aromatic carbocycles. The highest BCUT2D eigenvalue weighted by Gasteiger charge is 2.46. The Bertz CT molecular complexity index is 980. The lowest BCUT2D eigenvalue weighted by atomic mass is 9.77. The Morgan fingerprint density at radius 2 is 1.76 bits per heavy atom. The van der Waals surface area contributed by atoms with Gasteiger partial charge < -0.3 is 5.73 Å². The molecule has 0 unspecified atom stereocenters. The third-order valence-electron chi connectivity index (χ3n) is 6.81. The van der Waals surface area contributed by atoms with E-state index < -0.39 is 10.0 Å². The van der Waals surface area contributed by atoms with Crippen molar-refractivity contribution >= 4 is 28.1 Å². The van der Waals surface area contributed by atoms with Crippen molar-refractivity contribution < 1.29 is 8.42 Å². The largest absolute Gasteiger partial charge is 0.399 e. The fourth-order valence-corrected chi connectivity index (χ4v) is 7.16. The summed E-state index contributed by atoms with van der Waals surface area (Å²) in [5.74, 6) is 0.416. The number of rotatable bonds is 2. The highest BCUT2D eigenvalue weighted by atomic mass is 35.5. The van der Waals surface area contributed by atoms with Crippen LogP contribution < -0.4 is 5.73 Å². The van der Waals surface area contributed by atoms with Crippen LogP contribution in [-0.4, -0.2) is 43.3 Å². The lowest BCUT2D eigenvalue weighted by molar-refractivity contribution is 0.0220. The van der Waals surface area contributed by atoms with Crippen LogP contribution in [0.15, 0.2) is 53.4 Å². The van der Waals surface area contributed by atoms with Crippen molar-refractivity contribution in [3.8, 4) is 0 Å². The number of fused-ring (bicyclic) bond motifs is 4. The lowest BCUT2D eigenvalue weighted by Gasteiger charge is -2.51. The van der Waals surface area contributed by atoms with Crippen LogP contribution in [0.4, 0.5) is 5.69 Å². The molecule has 0 saturated carbocycles. The minimum absolute atomic E-state index is 0. The van der Waals surface area contributed by atoms with Gasteiger partial charge in [0.1, 0.15) is 0 Å². The van der Waals surface area contributed by atoms with Crippen LogP contribution in [0.3, 0.4) is 0 Å². The van der Waals surface area contributed by atoms with Crippen molar-refractivity contribution in [3.63, 3.8) is 0 Å². The molecule has 5 rings (SSSR count). The molecule has 0 radical (unpaired) electrons. The van der Waals surface area contributed by atoms with Crippen molar-refractivity contribution in [3.05, 3.63) is 59.7 Å². The molecule has 0 aromatic heterocycles. The van der Waals surface area contributed by atoms with E-state index in [1.165, 1.54) is 11.1 Å². The Kier molecular flexibility index (Phi) is 5.64. The van der Waals surface area contributed by atoms with E-state index in [4.69, 9.17) is 5.73 Å². The van der Waals surface area contributed by atoms with Crippen molar-refractivity contribution in [1.82, 2.24) is 9.21 Å². The number of benzene rings is 2. The summed E-state index contributed by atoms with van der Waals surface area (Å²) < 4.78 is 28.7. The second-order valence-corrected chi connectivity index (χ2v) is 10.2. The van der Waals surface area contributed by atoms with Crippen LogP contribution in [0.5, 0.6) is 0 Å². The first-order valence-electron chi connectivity index (χ1n) is 10.2. The highest BCUT2D eigenvalue weighted by Crippen LogP contribution is 2.44. The Labute approximate surface area is 179 Å². The van der Waals surface area contributed by atoms with Crippen molar-refractivity contribution in [1.29, 1.82) is 0 Å². The molecule has 0 amide bonds. The fourth-order valence-electron chi connectivity index (χ4n) is 5.43. The number of halogens is 1. The summed E-state index contributed by atoms with van der Waals surface area (Å²) >= 11 is 0. The first-order chi connectivity index (χ1) is 13.5. The van der Waals surface area contributed by atoms with Gasteiger partial charge in [-0.3, -0.25) is 4.90 Å². The number of nitrogens with zero attached hydrogens (tertiary/aromatic N) is 2. The van der Waals surface area contributed by atoms with E-state index in [-0.39, 0.29) is 18.4 Å². The molecule has 2 aromatic rings. The molecular weight excluding hydrogens is 406 g/mol. The van der Waals surface area contributed by atoms with Gasteiger partial charge in [-0.05, 0) is 67.0 Å². The maximum Gasteiger partial charge on any atom is 0.243 e. The molecular formula is C22H28ClN3O2S. The average molecular weight is 434 g/mol. The Balaban J connectivity index is 0.00000205. The molecule has 2 saturated heterocycles. The van der Waals surface area contributed by atoms with Gasteiger partial charge in [0.25, 0.3) is 0 Å². The standard InChI is InChI=1S/C22H27N3O2S.ClH/c23-18-7-9-19(10-8-18)28(26,27)25-12-3-5-17-15-24-13-11-16-4-1-2-6-20(16)22(24)14-21(17)25;/h1-2,4,6-10,17,21-22H,3,5,11-15,23H2;1H/t17-,21+,22-;/m1./s1. The molecule has 156 valence electrons. The number of sulfonamides is 1. The van der Waals surface area contributed by atoms with Crippen LogP contribution in [0.1, 0.15) is 36.4 Å². The maximum absolute atomic E-state index is 13.4. The number of anilines is 1. The van der Waals surface area contributed by atoms with Crippen LogP contribution >= 0.6 is 12.4 Å². The van der Waals surface area contributed by atoms with Crippen molar-refractivity contribution in [2.75, 3.05) is 25.4 Å². The van der Waals surface area contributed by atoms with Crippen LogP contribution in [0.25, 0.3) is 0 Å². The van der Waals surface area contributed by atoms with E-state index in [1.807, 2.05) is 0 Å². The first-order valence-corrected chi connectivity index (χ1v) is 11.7. The summed E-state index contributed by atoms with van der Waals surface area (Å²) in [7, 11) is -3.51. The fraction of sp³-hybridized carbons (Fsp3) is 0.455. The zero-order chi connectivity index (χ0) is 19.3. The van der Waals surface area contributed by atoms with Gasteiger partial charge in [0.05, 0.1) is 4.90 Å². The van der Waals surface area contributed by atoms with Crippen molar-refractivity contribution in [2.45, 2.75) is 42.7 Å². The maximum atomic E-state index is 13.4. The van der Waals surface area contributed by atoms with Gasteiger partial charge >= 0.3 is 0 Å². The molecule has 3 aliphatic rings. The molecule has 2 N–H and O–H groups in total. The van der Waals surface area contributed by atoms with E-state index in [2.05, 4.69) is 29.2 Å². The van der Waals surface area contributed by atoms with Crippen LogP contribution in [-0.2, 0) is 16.4 Å². The molecule has 7 heteroatoms. The lowest BCUT2D eigenvalue weighted by Crippen LogP contribution is -2.57. The van der Waals surface area contributed by atoms with Gasteiger partial charge in [0.15, 0.2) is 0 Å². The van der Waals surface area contributed by atoms with Crippen molar-refractivity contribution in [2.24, 2.45) is 5.92 Å². The summed E-state index contributed by atoms with van der Waals surface area (Å²) in [4.78, 5) is 2.94. The summed E-state index contributed by atoms with van der Waals surface area (Å²) in [6.45, 7) is 2.69. The molecule has 3 heterocycles. The Morgan fingerprint density at radius 3 is 2.55 bits per heavy atom. The molecule has 3 aliphatic heterocycles. The number of hydrogen-bond acceptors (Lipinski definition) is 4. The smallest absolute Gasteiger partial charge is 0.243 e. The van der Waals surface area contributed by atoms with Gasteiger partial charge in [-0.1, -0.05) is 24.3 Å². The zero-order valence-electron chi connectivity index (χ0n) is 16.4. The van der Waals surface area contributed by atoms with Crippen LogP contribution in [0.2, 0.25) is 0 Å². The number of piperidine rings is 2. The monoisotopic (exact) mass is 433 g/mol. The molecule has 2 fully saturated rings. The molecule has 29 heavy (non-hydrogen) atoms. The molecule has 0 aliphatic carbocycles. The van der Waals surface area contributed by atoms with E-state index in [0.717, 1.165) is 38.8 Å². The van der Waals surface area contributed by atoms with Gasteiger partial charge in [0.2, 0.25) is 10.0 Å². The predicted octanol–water partition coefficient (Wildman–Crippen LogP) is 3.46. The third-order valence-corrected chi connectivity index (χ3v) is 8.75. The number of nitrogens with two attached hydrogens (primary N) is 1.